The zero-order valence-corrected chi connectivity index (χ0v) is 17.8. The molecule has 32 heavy (non-hydrogen) atoms. The van der Waals surface area contributed by atoms with E-state index in [0.717, 1.165) is 19.3 Å². The molecule has 0 radical (unpaired) electrons. The van der Waals surface area contributed by atoms with Gasteiger partial charge in [-0.25, -0.2) is 0 Å². The van der Waals surface area contributed by atoms with Crippen molar-refractivity contribution in [2.75, 3.05) is 40.6 Å². The van der Waals surface area contributed by atoms with E-state index in [4.69, 9.17) is 18.9 Å². The van der Waals surface area contributed by atoms with Crippen molar-refractivity contribution in [1.29, 1.82) is 0 Å². The van der Waals surface area contributed by atoms with Crippen LogP contribution in [0, 0.1) is 0 Å². The largest absolute Gasteiger partial charge is 0.466 e. The van der Waals surface area contributed by atoms with Crippen LogP contribution in [0.2, 0.25) is 0 Å². The first-order valence-electron chi connectivity index (χ1n) is 9.61. The van der Waals surface area contributed by atoms with Crippen LogP contribution in [0.5, 0.6) is 0 Å². The van der Waals surface area contributed by atoms with Crippen LogP contribution >= 0.6 is 0 Å². The van der Waals surface area contributed by atoms with Crippen LogP contribution in [0.3, 0.4) is 0 Å². The number of hydrogen-bond donors (Lipinski definition) is 0. The number of Topliss-reactive ketones (excluding diaryl/α,β-unsaturated/α-hetero) is 2. The van der Waals surface area contributed by atoms with Gasteiger partial charge in [-0.15, -0.1) is 0 Å². The topological polar surface area (TPSA) is 105 Å². The Balaban J connectivity index is -0.0000000946. The van der Waals surface area contributed by atoms with Crippen molar-refractivity contribution in [3.63, 3.8) is 0 Å². The minimum atomic E-state index is -0.314. The quantitative estimate of drug-likeness (QED) is 0.225. The van der Waals surface area contributed by atoms with Gasteiger partial charge in [0.15, 0.2) is 0 Å². The monoisotopic (exact) mass is 468 g/mol. The summed E-state index contributed by atoms with van der Waals surface area (Å²) in [7, 11) is 3.21. The molecule has 196 valence electrons. The van der Waals surface area contributed by atoms with Crippen LogP contribution in [-0.4, -0.2) is 64.2 Å². The average Bonchev–Trinajstić information content (AvgIpc) is 2.64. The van der Waals surface area contributed by atoms with E-state index in [0.29, 0.717) is 45.7 Å². The summed E-state index contributed by atoms with van der Waals surface area (Å²) in [5.41, 5.74) is 0. The molecule has 8 nitrogen and oxygen atoms in total. The number of carbonyl (C=O) groups excluding carboxylic acids is 4. The van der Waals surface area contributed by atoms with Gasteiger partial charge in [0.1, 0.15) is 11.6 Å². The fraction of sp³-hybridized carbons (Fsp3) is 0.833. The van der Waals surface area contributed by atoms with E-state index >= 15 is 0 Å². The first-order valence-corrected chi connectivity index (χ1v) is 9.61. The number of unbranched alkanes of at least 4 members (excludes halogenated alkanes) is 1. The highest BCUT2D eigenvalue weighted by Gasteiger charge is 2.04. The number of ketones is 2. The lowest BCUT2D eigenvalue weighted by molar-refractivity contribution is -0.145. The van der Waals surface area contributed by atoms with E-state index in [1.807, 2.05) is 0 Å². The maximum absolute atomic E-state index is 11.1. The second kappa shape index (κ2) is 33.8. The molecule has 0 fully saturated rings. The Hall–Kier alpha value is -1.80. The minimum Gasteiger partial charge on any atom is -0.466 e. The molecule has 0 aliphatic rings. The van der Waals surface area contributed by atoms with Gasteiger partial charge in [-0.05, 0) is 26.7 Å². The first-order chi connectivity index (χ1) is 13.3. The van der Waals surface area contributed by atoms with Gasteiger partial charge >= 0.3 is 11.9 Å². The van der Waals surface area contributed by atoms with Crippen molar-refractivity contribution < 1.29 is 38.1 Å². The van der Waals surface area contributed by atoms with Crippen molar-refractivity contribution in [2.45, 2.75) is 94.9 Å². The third-order valence-corrected chi connectivity index (χ3v) is 3.35. The highest BCUT2D eigenvalue weighted by molar-refractivity contribution is 5.80. The second-order valence-corrected chi connectivity index (χ2v) is 6.24. The van der Waals surface area contributed by atoms with Crippen LogP contribution in [0.1, 0.15) is 94.9 Å². The normalized spacial score (nSPS) is 8.62. The van der Waals surface area contributed by atoms with Gasteiger partial charge in [-0.3, -0.25) is 9.59 Å². The Morgan fingerprint density at radius 1 is 0.500 bits per heavy atom. The Bertz CT molecular complexity index is 436. The predicted molar refractivity (Wildman–Crippen MR) is 131 cm³/mol. The molecule has 0 bridgehead atoms. The summed E-state index contributed by atoms with van der Waals surface area (Å²) < 4.78 is 19.4. The summed E-state index contributed by atoms with van der Waals surface area (Å²) in [5, 5.41) is 0. The number of methoxy groups -OCH3 is 2. The summed E-state index contributed by atoms with van der Waals surface area (Å²) >= 11 is 0. The van der Waals surface area contributed by atoms with E-state index in [-0.39, 0.29) is 66.1 Å². The van der Waals surface area contributed by atoms with E-state index in [1.54, 1.807) is 21.1 Å². The fourth-order valence-corrected chi connectivity index (χ4v) is 1.84. The molecule has 0 saturated carbocycles. The fourth-order valence-electron chi connectivity index (χ4n) is 1.84. The molecule has 0 saturated heterocycles. The van der Waals surface area contributed by atoms with Gasteiger partial charge in [0.05, 0.1) is 19.6 Å². The van der Waals surface area contributed by atoms with Gasteiger partial charge in [-0.1, -0.05) is 29.7 Å². The predicted octanol–water partition coefficient (Wildman–Crippen LogP) is 5.20. The molecule has 0 N–H and O–H groups in total. The maximum atomic E-state index is 11.1. The van der Waals surface area contributed by atoms with Crippen molar-refractivity contribution in [3.8, 4) is 0 Å². The van der Waals surface area contributed by atoms with Crippen molar-refractivity contribution >= 4 is 23.5 Å². The number of ether oxygens (including phenoxy) is 4. The zero-order chi connectivity index (χ0) is 21.6. The summed E-state index contributed by atoms with van der Waals surface area (Å²) in [6.45, 7) is 4.99. The maximum Gasteiger partial charge on any atom is 0.306 e. The van der Waals surface area contributed by atoms with Crippen LogP contribution in [0.15, 0.2) is 0 Å². The molecule has 0 aliphatic heterocycles. The second-order valence-electron chi connectivity index (χ2n) is 6.24. The molecule has 0 spiro atoms. The summed E-state index contributed by atoms with van der Waals surface area (Å²) in [6, 6.07) is 0. The van der Waals surface area contributed by atoms with Crippen LogP contribution < -0.4 is 0 Å². The third-order valence-electron chi connectivity index (χ3n) is 3.35. The average molecular weight is 469 g/mol. The zero-order valence-electron chi connectivity index (χ0n) is 17.8. The molecule has 0 atom stereocenters. The van der Waals surface area contributed by atoms with E-state index in [9.17, 15) is 19.2 Å². The minimum absolute atomic E-state index is 0. The van der Waals surface area contributed by atoms with Crippen molar-refractivity contribution in [1.82, 2.24) is 0 Å². The number of esters is 2. The molecule has 0 aromatic heterocycles. The molecule has 0 unspecified atom stereocenters. The number of hydrogen-bond acceptors (Lipinski definition) is 8. The van der Waals surface area contributed by atoms with Gasteiger partial charge in [-0.2, -0.15) is 0 Å². The van der Waals surface area contributed by atoms with Crippen LogP contribution in [0.4, 0.5) is 0 Å². The summed E-state index contributed by atoms with van der Waals surface area (Å²) in [6.07, 6.45) is 4.33. The van der Waals surface area contributed by atoms with Crippen LogP contribution in [-0.2, 0) is 38.1 Å². The molecule has 0 aromatic rings. The number of carbonyl (C=O) groups is 4. The molecule has 0 heterocycles. The SMILES string of the molecule is C.C.C.C.COCCCOC(=O)CCC(C)=O.COCCCOC(=O)CCCCC(C)=O. The third kappa shape index (κ3) is 42.3. The molecule has 0 amide bonds. The van der Waals surface area contributed by atoms with Crippen molar-refractivity contribution in [2.24, 2.45) is 0 Å². The van der Waals surface area contributed by atoms with E-state index in [2.05, 4.69) is 0 Å². The standard InChI is InChI=1S/C11H20O4.C9H16O4.4CH4/c1-10(12)6-3-4-7-11(13)15-9-5-8-14-2;1-8(10)4-5-9(11)13-7-3-6-12-2;;;;/h3-9H2,1-2H3;3-7H2,1-2H3;4*1H4. The molecular weight excluding hydrogens is 416 g/mol. The lowest BCUT2D eigenvalue weighted by atomic mass is 10.1. The first kappa shape index (κ1) is 44.0. The Labute approximate surface area is 197 Å². The lowest BCUT2D eigenvalue weighted by Crippen LogP contribution is -2.08. The smallest absolute Gasteiger partial charge is 0.306 e. The Morgan fingerprint density at radius 2 is 0.875 bits per heavy atom. The highest BCUT2D eigenvalue weighted by Crippen LogP contribution is 2.02. The molecule has 0 aliphatic carbocycles. The lowest BCUT2D eigenvalue weighted by Gasteiger charge is -2.03. The summed E-state index contributed by atoms with van der Waals surface area (Å²) in [4.78, 5) is 43.1. The van der Waals surface area contributed by atoms with Gasteiger partial charge in [0, 0.05) is 59.5 Å². The molecule has 0 aromatic carbocycles. The summed E-state index contributed by atoms with van der Waals surface area (Å²) in [5.74, 6) is -0.321. The number of rotatable bonds is 16. The van der Waals surface area contributed by atoms with E-state index in [1.165, 1.54) is 6.92 Å². The molecular formula is C24H52O8. The van der Waals surface area contributed by atoms with Crippen molar-refractivity contribution in [3.05, 3.63) is 0 Å². The van der Waals surface area contributed by atoms with Crippen LogP contribution in [0.25, 0.3) is 0 Å². The van der Waals surface area contributed by atoms with Gasteiger partial charge in [0.2, 0.25) is 0 Å². The van der Waals surface area contributed by atoms with Gasteiger partial charge < -0.3 is 28.5 Å². The molecule has 8 heteroatoms. The molecule has 0 rings (SSSR count). The Morgan fingerprint density at radius 3 is 1.25 bits per heavy atom. The van der Waals surface area contributed by atoms with E-state index < -0.39 is 0 Å². The highest BCUT2D eigenvalue weighted by atomic mass is 16.5. The van der Waals surface area contributed by atoms with Gasteiger partial charge in [0.25, 0.3) is 0 Å². The Kier molecular flexibility index (Phi) is 46.5.